The molecule has 0 bridgehead atoms. The first kappa shape index (κ1) is 11.9. The third-order valence-corrected chi connectivity index (χ3v) is 2.85. The van der Waals surface area contributed by atoms with Crippen LogP contribution in [0.15, 0.2) is 43.1 Å². The molecule has 1 aliphatic rings. The molecule has 0 radical (unpaired) electrons. The molecule has 2 aromatic heterocycles. The molecule has 3 heterocycles. The van der Waals surface area contributed by atoms with Gasteiger partial charge in [-0.2, -0.15) is 0 Å². The molecule has 0 aromatic carbocycles. The van der Waals surface area contributed by atoms with Gasteiger partial charge in [0.25, 0.3) is 0 Å². The maximum absolute atomic E-state index is 5.82. The van der Waals surface area contributed by atoms with Crippen molar-refractivity contribution in [1.82, 2.24) is 14.5 Å². The van der Waals surface area contributed by atoms with Crippen molar-refractivity contribution in [3.05, 3.63) is 48.7 Å². The molecule has 0 amide bonds. The Kier molecular flexibility index (Phi) is 2.83. The molecular weight excluding hydrogens is 242 g/mol. The zero-order valence-electron chi connectivity index (χ0n) is 10.9. The van der Waals surface area contributed by atoms with E-state index in [1.807, 2.05) is 42.8 Å². The average Bonchev–Trinajstić information content (AvgIpc) is 2.92. The van der Waals surface area contributed by atoms with Gasteiger partial charge in [0.15, 0.2) is 0 Å². The van der Waals surface area contributed by atoms with E-state index in [2.05, 4.69) is 9.97 Å². The largest absolute Gasteiger partial charge is 0.463 e. The maximum Gasteiger partial charge on any atom is 0.205 e. The number of pyridine rings is 1. The smallest absolute Gasteiger partial charge is 0.205 e. The van der Waals surface area contributed by atoms with Crippen molar-refractivity contribution in [2.75, 3.05) is 6.61 Å². The first-order valence-electron chi connectivity index (χ1n) is 6.12. The molecule has 3 rings (SSSR count). The molecule has 2 aromatic rings. The van der Waals surface area contributed by atoms with E-state index in [9.17, 15) is 0 Å². The second-order valence-corrected chi connectivity index (χ2v) is 4.75. The van der Waals surface area contributed by atoms with Gasteiger partial charge in [0.05, 0.1) is 6.61 Å². The molecule has 1 aliphatic heterocycles. The predicted molar refractivity (Wildman–Crippen MR) is 70.5 cm³/mol. The lowest BCUT2D eigenvalue weighted by Crippen LogP contribution is -2.31. The minimum atomic E-state index is -0.595. The summed E-state index contributed by atoms with van der Waals surface area (Å²) in [6.07, 6.45) is 8.99. The Morgan fingerprint density at radius 1 is 1.32 bits per heavy atom. The van der Waals surface area contributed by atoms with E-state index in [0.717, 1.165) is 17.1 Å². The van der Waals surface area contributed by atoms with Crippen LogP contribution >= 0.6 is 0 Å². The molecule has 0 saturated carbocycles. The summed E-state index contributed by atoms with van der Waals surface area (Å²) in [4.78, 5) is 8.34. The van der Waals surface area contributed by atoms with Crippen molar-refractivity contribution in [2.45, 2.75) is 19.6 Å². The quantitative estimate of drug-likeness (QED) is 0.829. The molecule has 0 spiro atoms. The lowest BCUT2D eigenvalue weighted by atomic mass is 10.2. The molecule has 98 valence electrons. The number of ether oxygens (including phenoxy) is 2. The van der Waals surface area contributed by atoms with Crippen molar-refractivity contribution < 1.29 is 9.47 Å². The van der Waals surface area contributed by atoms with Gasteiger partial charge in [0.1, 0.15) is 17.9 Å². The van der Waals surface area contributed by atoms with Gasteiger partial charge in [-0.1, -0.05) is 0 Å². The van der Waals surface area contributed by atoms with E-state index in [-0.39, 0.29) is 0 Å². The molecule has 0 aliphatic carbocycles. The van der Waals surface area contributed by atoms with E-state index in [0.29, 0.717) is 6.61 Å². The third kappa shape index (κ3) is 2.51. The topological polar surface area (TPSA) is 49.2 Å². The summed E-state index contributed by atoms with van der Waals surface area (Å²) in [6.45, 7) is 4.35. The normalized spacial score (nSPS) is 17.7. The van der Waals surface area contributed by atoms with Crippen LogP contribution in [0.1, 0.15) is 19.4 Å². The van der Waals surface area contributed by atoms with Crippen LogP contribution in [0.2, 0.25) is 0 Å². The van der Waals surface area contributed by atoms with Crippen LogP contribution in [0.5, 0.6) is 0 Å². The molecule has 0 saturated heterocycles. The van der Waals surface area contributed by atoms with E-state index in [4.69, 9.17) is 9.47 Å². The lowest BCUT2D eigenvalue weighted by molar-refractivity contribution is -0.174. The van der Waals surface area contributed by atoms with E-state index >= 15 is 0 Å². The second kappa shape index (κ2) is 4.51. The van der Waals surface area contributed by atoms with Gasteiger partial charge in [-0.3, -0.25) is 4.57 Å². The summed E-state index contributed by atoms with van der Waals surface area (Å²) in [5, 5.41) is 0. The SMILES string of the molecule is CC1(C)OCC=C(c2ccnc(-n3ccnc3)c2)O1. The van der Waals surface area contributed by atoms with Crippen LogP contribution in [-0.4, -0.2) is 26.9 Å². The van der Waals surface area contributed by atoms with Crippen LogP contribution in [0.3, 0.4) is 0 Å². The van der Waals surface area contributed by atoms with Crippen molar-refractivity contribution in [2.24, 2.45) is 0 Å². The molecule has 19 heavy (non-hydrogen) atoms. The van der Waals surface area contributed by atoms with Crippen molar-refractivity contribution in [1.29, 1.82) is 0 Å². The van der Waals surface area contributed by atoms with Crippen LogP contribution in [-0.2, 0) is 9.47 Å². The molecule has 5 nitrogen and oxygen atoms in total. The summed E-state index contributed by atoms with van der Waals surface area (Å²) in [5.41, 5.74) is 0.982. The summed E-state index contributed by atoms with van der Waals surface area (Å²) in [5.74, 6) is 1.03. The fourth-order valence-corrected chi connectivity index (χ4v) is 1.94. The third-order valence-electron chi connectivity index (χ3n) is 2.85. The first-order chi connectivity index (χ1) is 9.14. The van der Waals surface area contributed by atoms with Gasteiger partial charge in [0.2, 0.25) is 5.79 Å². The van der Waals surface area contributed by atoms with E-state index in [1.54, 1.807) is 18.7 Å². The number of nitrogens with zero attached hydrogens (tertiary/aromatic N) is 3. The number of hydrogen-bond acceptors (Lipinski definition) is 4. The minimum Gasteiger partial charge on any atom is -0.463 e. The minimum absolute atomic E-state index is 0.547. The Balaban J connectivity index is 1.94. The average molecular weight is 257 g/mol. The highest BCUT2D eigenvalue weighted by atomic mass is 16.7. The molecule has 0 atom stereocenters. The van der Waals surface area contributed by atoms with E-state index in [1.165, 1.54) is 0 Å². The molecule has 0 unspecified atom stereocenters. The highest BCUT2D eigenvalue weighted by Gasteiger charge is 2.25. The summed E-state index contributed by atoms with van der Waals surface area (Å²) in [7, 11) is 0. The number of imidazole rings is 1. The van der Waals surface area contributed by atoms with Crippen LogP contribution in [0.25, 0.3) is 11.6 Å². The van der Waals surface area contributed by atoms with Gasteiger partial charge >= 0.3 is 0 Å². The molecular formula is C14H15N3O2. The number of rotatable bonds is 2. The Labute approximate surface area is 111 Å². The molecule has 5 heteroatoms. The lowest BCUT2D eigenvalue weighted by Gasteiger charge is -2.31. The van der Waals surface area contributed by atoms with Crippen molar-refractivity contribution in [3.63, 3.8) is 0 Å². The van der Waals surface area contributed by atoms with Crippen LogP contribution in [0, 0.1) is 0 Å². The molecule has 0 N–H and O–H groups in total. The highest BCUT2D eigenvalue weighted by molar-refractivity contribution is 5.61. The predicted octanol–water partition coefficient (Wildman–Crippen LogP) is 2.39. The molecule has 0 fully saturated rings. The fourth-order valence-electron chi connectivity index (χ4n) is 1.94. The Morgan fingerprint density at radius 3 is 2.95 bits per heavy atom. The van der Waals surface area contributed by atoms with Crippen LogP contribution in [0.4, 0.5) is 0 Å². The summed E-state index contributed by atoms with van der Waals surface area (Å²) in [6, 6.07) is 3.89. The number of aromatic nitrogens is 3. The zero-order chi connectivity index (χ0) is 13.3. The van der Waals surface area contributed by atoms with Crippen LogP contribution < -0.4 is 0 Å². The Bertz CT molecular complexity index is 603. The van der Waals surface area contributed by atoms with Gasteiger partial charge in [-0.25, -0.2) is 9.97 Å². The number of hydrogen-bond donors (Lipinski definition) is 0. The standard InChI is InChI=1S/C14H15N3O2/c1-14(2)18-8-4-12(19-14)11-3-5-16-13(9-11)17-7-6-15-10-17/h3-7,9-10H,8H2,1-2H3. The Hall–Kier alpha value is -2.14. The summed E-state index contributed by atoms with van der Waals surface area (Å²) < 4.78 is 13.2. The Morgan fingerprint density at radius 2 is 2.21 bits per heavy atom. The van der Waals surface area contributed by atoms with Crippen molar-refractivity contribution >= 4 is 5.76 Å². The first-order valence-corrected chi connectivity index (χ1v) is 6.12. The monoisotopic (exact) mass is 257 g/mol. The highest BCUT2D eigenvalue weighted by Crippen LogP contribution is 2.28. The fraction of sp³-hybridized carbons (Fsp3) is 0.286. The van der Waals surface area contributed by atoms with Gasteiger partial charge in [-0.05, 0) is 18.2 Å². The van der Waals surface area contributed by atoms with Gasteiger partial charge < -0.3 is 9.47 Å². The maximum atomic E-state index is 5.82. The second-order valence-electron chi connectivity index (χ2n) is 4.75. The summed E-state index contributed by atoms with van der Waals surface area (Å²) >= 11 is 0. The zero-order valence-corrected chi connectivity index (χ0v) is 10.9. The van der Waals surface area contributed by atoms with E-state index < -0.39 is 5.79 Å². The van der Waals surface area contributed by atoms with Gasteiger partial charge in [-0.15, -0.1) is 0 Å². The van der Waals surface area contributed by atoms with Crippen molar-refractivity contribution in [3.8, 4) is 5.82 Å². The van der Waals surface area contributed by atoms with Gasteiger partial charge in [0, 0.05) is 38.0 Å².